The second kappa shape index (κ2) is 40.5. The minimum absolute atomic E-state index is 0.0596. The number of hydrogen-bond acceptors (Lipinski definition) is 18. The van der Waals surface area contributed by atoms with Gasteiger partial charge in [-0.25, -0.2) is 24.0 Å². The third-order valence-electron chi connectivity index (χ3n) is 20.6. The number of benzene rings is 5. The Kier molecular flexibility index (Phi) is 29.8. The standard InChI is InChI=1S/C27H29N3O6.C20H23N3O5.2C18H21N3O4/c1-35-26(33)23-17-29(27(34)36-18-19-10-4-2-5-11-19)16-21-14-8-9-15-22(25(32)30(21)23)28-24(31)20-12-6-3-7-13-20;1-13(24)22-11-15-9-5-6-10-16(19(26)23(15)17(12-22)20(27)28)21-18(25)14-7-3-2-4-8-14;2*22-16(12-6-2-1-3-7-12)20-14-9-5-4-8-13-10-19-11-15(18(24)25)21(13)17(14)23/h2-13,21-23H,14-18H2,1H3,(H,28,31);2-8,15-17H,9-12H2,1H3,(H,21,25)(H,27,28);2*1-7,13-15,19H,8-11H2,(H,20,22)(H,24,25)/b9-8-;6-5-;2*5-4-/t21-,22-,23-;15-,16-,17-;2*13-,14-,15-/m0000/s1. The van der Waals surface area contributed by atoms with E-state index in [1.54, 1.807) is 109 Å². The van der Waals surface area contributed by atoms with Gasteiger partial charge in [-0.15, -0.1) is 0 Å². The summed E-state index contributed by atoms with van der Waals surface area (Å²) in [6.07, 6.45) is 17.8. The molecule has 0 bridgehead atoms. The predicted molar refractivity (Wildman–Crippen MR) is 413 cm³/mol. The van der Waals surface area contributed by atoms with E-state index in [9.17, 15) is 82.4 Å². The molecule has 0 aliphatic carbocycles. The normalized spacial score (nSPS) is 25.6. The van der Waals surface area contributed by atoms with Gasteiger partial charge in [-0.3, -0.25) is 43.2 Å². The van der Waals surface area contributed by atoms with Gasteiger partial charge in [0.25, 0.3) is 23.6 Å². The van der Waals surface area contributed by atoms with Crippen molar-refractivity contribution in [3.8, 4) is 0 Å². The van der Waals surface area contributed by atoms with Crippen LogP contribution in [0.15, 0.2) is 200 Å². The lowest BCUT2D eigenvalue weighted by Crippen LogP contribution is -2.67. The summed E-state index contributed by atoms with van der Waals surface area (Å²) in [6, 6.07) is 35.1. The topological polar surface area (TPSA) is 410 Å². The first-order valence-electron chi connectivity index (χ1n) is 37.7. The van der Waals surface area contributed by atoms with Crippen LogP contribution in [-0.4, -0.2) is 260 Å². The molecule has 9 N–H and O–H groups in total. The molecule has 8 heterocycles. The Morgan fingerprint density at radius 2 is 0.658 bits per heavy atom. The second-order valence-corrected chi connectivity index (χ2v) is 28.2. The number of carbonyl (C=O) groups excluding carboxylic acids is 11. The summed E-state index contributed by atoms with van der Waals surface area (Å²) < 4.78 is 10.5. The fourth-order valence-corrected chi connectivity index (χ4v) is 14.7. The molecular weight excluding hydrogens is 1470 g/mol. The largest absolute Gasteiger partial charge is 0.480 e. The molecule has 8 aliphatic rings. The van der Waals surface area contributed by atoms with Crippen LogP contribution >= 0.6 is 0 Å². The third-order valence-corrected chi connectivity index (χ3v) is 20.6. The van der Waals surface area contributed by atoms with Crippen LogP contribution in [0.3, 0.4) is 0 Å². The van der Waals surface area contributed by atoms with Gasteiger partial charge >= 0.3 is 30.0 Å². The number of methoxy groups -OCH3 is 1. The molecule has 8 aliphatic heterocycles. The number of nitrogens with zero attached hydrogens (tertiary/aromatic N) is 6. The molecule has 0 radical (unpaired) electrons. The van der Waals surface area contributed by atoms with Gasteiger partial charge in [0, 0.05) is 80.5 Å². The van der Waals surface area contributed by atoms with Gasteiger partial charge < -0.3 is 86.1 Å². The SMILES string of the molecule is CC(=O)N1C[C@@H]2C/C=C\C[C@H](NC(=O)c3ccccc3)C(=O)N2[C@H](C(=O)O)C1.COC(=O)[C@@H]1CN(C(=O)OCc2ccccc2)C[C@@H]2C/C=C\C[C@H](NC(=O)c3ccccc3)C(=O)N21.O=C(N[C@H]1C/C=C\C[C@H]2CNC[C@@H](C(=O)O)N2C1=O)c1ccccc1.O=C(N[C@H]1C/C=C\C[C@H]2CNC[C@@H](C(=O)O)N2C1=O)c1ccccc1. The van der Waals surface area contributed by atoms with Crippen LogP contribution in [0, 0.1) is 0 Å². The molecule has 5 aromatic carbocycles. The summed E-state index contributed by atoms with van der Waals surface area (Å²) in [5.41, 5.74) is 2.63. The van der Waals surface area contributed by atoms with Crippen LogP contribution in [0.25, 0.3) is 0 Å². The molecule has 0 unspecified atom stereocenters. The number of carbonyl (C=O) groups is 14. The number of aliphatic carboxylic acids is 3. The van der Waals surface area contributed by atoms with Crippen molar-refractivity contribution in [1.29, 1.82) is 0 Å². The molecule has 5 aromatic rings. The van der Waals surface area contributed by atoms with Crippen LogP contribution in [0.1, 0.15) is 105 Å². The van der Waals surface area contributed by atoms with E-state index in [2.05, 4.69) is 31.9 Å². The maximum absolute atomic E-state index is 13.7. The molecule has 4 fully saturated rings. The van der Waals surface area contributed by atoms with E-state index in [1.807, 2.05) is 91.1 Å². The van der Waals surface area contributed by atoms with Crippen molar-refractivity contribution in [3.63, 3.8) is 0 Å². The van der Waals surface area contributed by atoms with Gasteiger partial charge in [-0.1, -0.05) is 152 Å². The van der Waals surface area contributed by atoms with Crippen molar-refractivity contribution in [2.24, 2.45) is 0 Å². The molecule has 13 rings (SSSR count). The van der Waals surface area contributed by atoms with Crippen LogP contribution < -0.4 is 31.9 Å². The van der Waals surface area contributed by atoms with Gasteiger partial charge in [0.1, 0.15) is 54.9 Å². The van der Waals surface area contributed by atoms with Crippen LogP contribution in [-0.2, 0) is 59.2 Å². The highest BCUT2D eigenvalue weighted by molar-refractivity contribution is 6.01. The smallest absolute Gasteiger partial charge is 0.410 e. The number of carboxylic acids is 3. The average molecular weight is 1560 g/mol. The number of hydrogen-bond donors (Lipinski definition) is 9. The van der Waals surface area contributed by atoms with E-state index < -0.39 is 102 Å². The molecule has 600 valence electrons. The molecule has 0 saturated carbocycles. The lowest BCUT2D eigenvalue weighted by molar-refractivity contribution is -0.160. The summed E-state index contributed by atoms with van der Waals surface area (Å²) in [5, 5.41) is 45.8. The van der Waals surface area contributed by atoms with Crippen molar-refractivity contribution < 1.29 is 91.9 Å². The first-order chi connectivity index (χ1) is 55.0. The monoisotopic (exact) mass is 1560 g/mol. The number of esters is 1. The van der Waals surface area contributed by atoms with Crippen molar-refractivity contribution in [1.82, 2.24) is 61.3 Å². The number of ether oxygens (including phenoxy) is 2. The van der Waals surface area contributed by atoms with Gasteiger partial charge in [0.15, 0.2) is 0 Å². The first-order valence-corrected chi connectivity index (χ1v) is 37.7. The van der Waals surface area contributed by atoms with Crippen LogP contribution in [0.5, 0.6) is 0 Å². The molecular formula is C83H94N12O19. The van der Waals surface area contributed by atoms with Gasteiger partial charge in [0.2, 0.25) is 29.5 Å². The van der Waals surface area contributed by atoms with E-state index in [-0.39, 0.29) is 112 Å². The maximum Gasteiger partial charge on any atom is 0.410 e. The number of nitrogens with one attached hydrogen (secondary N) is 6. The Hall–Kier alpha value is -12.6. The Balaban J connectivity index is 0.000000163. The summed E-state index contributed by atoms with van der Waals surface area (Å²) in [7, 11) is 1.24. The number of amides is 10. The Morgan fingerprint density at radius 1 is 0.368 bits per heavy atom. The fraction of sp³-hybridized carbons (Fsp3) is 0.373. The minimum Gasteiger partial charge on any atom is -0.480 e. The van der Waals surface area contributed by atoms with Crippen molar-refractivity contribution >= 4 is 83.1 Å². The van der Waals surface area contributed by atoms with Crippen LogP contribution in [0.2, 0.25) is 0 Å². The molecule has 0 aromatic heterocycles. The zero-order valence-corrected chi connectivity index (χ0v) is 63.1. The quantitative estimate of drug-likeness (QED) is 0.0561. The first kappa shape index (κ1) is 83.8. The summed E-state index contributed by atoms with van der Waals surface area (Å²) in [6.45, 7) is 3.32. The molecule has 10 amide bonds. The van der Waals surface area contributed by atoms with E-state index in [0.29, 0.717) is 73.9 Å². The van der Waals surface area contributed by atoms with Crippen LogP contribution in [0.4, 0.5) is 4.79 Å². The number of fused-ring (bicyclic) bond motifs is 4. The Bertz CT molecular complexity index is 4280. The number of rotatable bonds is 14. The molecule has 114 heavy (non-hydrogen) atoms. The summed E-state index contributed by atoms with van der Waals surface area (Å²) >= 11 is 0. The second-order valence-electron chi connectivity index (χ2n) is 28.2. The number of carboxylic acid groups (broad SMARTS) is 3. The zero-order chi connectivity index (χ0) is 81.4. The molecule has 31 heteroatoms. The third kappa shape index (κ3) is 21.7. The summed E-state index contributed by atoms with van der Waals surface area (Å²) in [4.78, 5) is 184. The highest BCUT2D eigenvalue weighted by Gasteiger charge is 2.48. The fourth-order valence-electron chi connectivity index (χ4n) is 14.7. The Labute approximate surface area is 658 Å². The highest BCUT2D eigenvalue weighted by atomic mass is 16.6. The van der Waals surface area contributed by atoms with Crippen molar-refractivity contribution in [3.05, 3.63) is 228 Å². The lowest BCUT2D eigenvalue weighted by atomic mass is 9.97. The predicted octanol–water partition coefficient (Wildman–Crippen LogP) is 3.95. The van der Waals surface area contributed by atoms with Gasteiger partial charge in [0.05, 0.1) is 32.3 Å². The zero-order valence-electron chi connectivity index (χ0n) is 63.1. The molecule has 4 saturated heterocycles. The maximum atomic E-state index is 13.7. The molecule has 12 atom stereocenters. The Morgan fingerprint density at radius 3 is 0.982 bits per heavy atom. The molecule has 31 nitrogen and oxygen atoms in total. The van der Waals surface area contributed by atoms with E-state index >= 15 is 0 Å². The van der Waals surface area contributed by atoms with Crippen molar-refractivity contribution in [2.45, 2.75) is 137 Å². The van der Waals surface area contributed by atoms with E-state index in [4.69, 9.17) is 9.47 Å². The average Bonchev–Trinajstić information content (AvgIpc) is 0.792. The number of piperazine rings is 4. The minimum atomic E-state index is -1.16. The van der Waals surface area contributed by atoms with Gasteiger partial charge in [-0.05, 0) is 105 Å². The highest BCUT2D eigenvalue weighted by Crippen LogP contribution is 2.28. The summed E-state index contributed by atoms with van der Waals surface area (Å²) in [5.74, 6) is -7.05. The van der Waals surface area contributed by atoms with Gasteiger partial charge in [-0.2, -0.15) is 0 Å². The lowest BCUT2D eigenvalue weighted by Gasteiger charge is -2.46. The van der Waals surface area contributed by atoms with E-state index in [1.165, 1.54) is 43.4 Å². The van der Waals surface area contributed by atoms with E-state index in [0.717, 1.165) is 5.56 Å². The van der Waals surface area contributed by atoms with Crippen molar-refractivity contribution in [2.75, 3.05) is 59.5 Å². The molecule has 0 spiro atoms.